The average Bonchev–Trinajstić information content (AvgIpc) is 2.60. The third-order valence-corrected chi connectivity index (χ3v) is 3.45. The third-order valence-electron chi connectivity index (χ3n) is 3.45. The van der Waals surface area contributed by atoms with Gasteiger partial charge < -0.3 is 20.9 Å². The smallest absolute Gasteiger partial charge is 0.341 e. The Hall–Kier alpha value is -3.35. The quantitative estimate of drug-likeness (QED) is 0.427. The van der Waals surface area contributed by atoms with Gasteiger partial charge >= 0.3 is 5.97 Å². The maximum absolute atomic E-state index is 12.2. The van der Waals surface area contributed by atoms with E-state index >= 15 is 0 Å². The van der Waals surface area contributed by atoms with Crippen molar-refractivity contribution < 1.29 is 19.4 Å². The Morgan fingerprint density at radius 2 is 1.72 bits per heavy atom. The van der Waals surface area contributed by atoms with Crippen LogP contribution in [0.25, 0.3) is 0 Å². The summed E-state index contributed by atoms with van der Waals surface area (Å²) < 4.78 is 5.06. The van der Waals surface area contributed by atoms with E-state index in [1.807, 2.05) is 12.1 Å². The molecule has 7 heteroatoms. The Morgan fingerprint density at radius 1 is 1.08 bits per heavy atom. The molecule has 0 bridgehead atoms. The predicted molar refractivity (Wildman–Crippen MR) is 93.1 cm³/mol. The van der Waals surface area contributed by atoms with Crippen molar-refractivity contribution in [3.63, 3.8) is 0 Å². The van der Waals surface area contributed by atoms with Crippen molar-refractivity contribution in [2.75, 3.05) is 13.2 Å². The van der Waals surface area contributed by atoms with Gasteiger partial charge in [-0.3, -0.25) is 10.2 Å². The Morgan fingerprint density at radius 3 is 2.32 bits per heavy atom. The van der Waals surface area contributed by atoms with Crippen molar-refractivity contribution in [1.29, 1.82) is 5.41 Å². The summed E-state index contributed by atoms with van der Waals surface area (Å²) in [5.41, 5.74) is 7.23. The molecule has 5 N–H and O–H groups in total. The molecule has 130 valence electrons. The van der Waals surface area contributed by atoms with Gasteiger partial charge in [0.2, 0.25) is 0 Å². The van der Waals surface area contributed by atoms with Crippen molar-refractivity contribution >= 4 is 17.7 Å². The number of aliphatic carboxylic acids is 1. The number of hydrogen-bond acceptors (Lipinski definition) is 4. The van der Waals surface area contributed by atoms with Gasteiger partial charge in [-0.1, -0.05) is 30.3 Å². The minimum absolute atomic E-state index is 0.150. The van der Waals surface area contributed by atoms with Gasteiger partial charge in [-0.05, 0) is 30.2 Å². The number of carbonyl (C=O) groups is 2. The SMILES string of the molecule is N=C(N)c1ccccc1C(=O)NCCc1ccc(OCC(=O)O)cc1. The lowest BCUT2D eigenvalue weighted by atomic mass is 10.1. The highest BCUT2D eigenvalue weighted by molar-refractivity contribution is 6.07. The lowest BCUT2D eigenvalue weighted by Gasteiger charge is -2.09. The summed E-state index contributed by atoms with van der Waals surface area (Å²) in [6.07, 6.45) is 0.604. The summed E-state index contributed by atoms with van der Waals surface area (Å²) in [6, 6.07) is 13.7. The molecule has 2 rings (SSSR count). The number of rotatable bonds is 8. The van der Waals surface area contributed by atoms with E-state index in [-0.39, 0.29) is 18.3 Å². The number of hydrogen-bond donors (Lipinski definition) is 4. The molecule has 0 atom stereocenters. The van der Waals surface area contributed by atoms with Crippen LogP contribution in [0.15, 0.2) is 48.5 Å². The zero-order valence-corrected chi connectivity index (χ0v) is 13.5. The minimum Gasteiger partial charge on any atom is -0.482 e. The second kappa shape index (κ2) is 8.49. The number of nitrogens with one attached hydrogen (secondary N) is 2. The second-order valence-electron chi connectivity index (χ2n) is 5.29. The summed E-state index contributed by atoms with van der Waals surface area (Å²) >= 11 is 0. The van der Waals surface area contributed by atoms with E-state index in [0.29, 0.717) is 29.8 Å². The fraction of sp³-hybridized carbons (Fsp3) is 0.167. The molecule has 0 fully saturated rings. The molecule has 25 heavy (non-hydrogen) atoms. The molecule has 0 saturated carbocycles. The van der Waals surface area contributed by atoms with E-state index in [9.17, 15) is 9.59 Å². The first kappa shape index (κ1) is 18.0. The number of carbonyl (C=O) groups excluding carboxylic acids is 1. The zero-order chi connectivity index (χ0) is 18.2. The Labute approximate surface area is 144 Å². The van der Waals surface area contributed by atoms with Gasteiger partial charge in [0.15, 0.2) is 6.61 Å². The predicted octanol–water partition coefficient (Wildman–Crippen LogP) is 1.41. The fourth-order valence-corrected chi connectivity index (χ4v) is 2.23. The number of nitrogens with two attached hydrogens (primary N) is 1. The molecule has 0 aliphatic carbocycles. The van der Waals surface area contributed by atoms with Gasteiger partial charge in [0.25, 0.3) is 5.91 Å². The molecule has 0 aromatic heterocycles. The van der Waals surface area contributed by atoms with Crippen LogP contribution in [0.2, 0.25) is 0 Å². The molecule has 2 aromatic carbocycles. The standard InChI is InChI=1S/C18H19N3O4/c19-17(20)14-3-1-2-4-15(14)18(24)21-10-9-12-5-7-13(8-6-12)25-11-16(22)23/h1-8H,9-11H2,(H3,19,20)(H,21,24)(H,22,23). The topological polar surface area (TPSA) is 126 Å². The van der Waals surface area contributed by atoms with Crippen molar-refractivity contribution in [2.24, 2.45) is 5.73 Å². The van der Waals surface area contributed by atoms with Crippen LogP contribution in [-0.4, -0.2) is 36.0 Å². The maximum atomic E-state index is 12.2. The monoisotopic (exact) mass is 341 g/mol. The van der Waals surface area contributed by atoms with Gasteiger partial charge in [-0.25, -0.2) is 4.79 Å². The lowest BCUT2D eigenvalue weighted by Crippen LogP contribution is -2.28. The number of carboxylic acid groups (broad SMARTS) is 1. The van der Waals surface area contributed by atoms with Gasteiger partial charge in [-0.15, -0.1) is 0 Å². The van der Waals surface area contributed by atoms with E-state index in [2.05, 4.69) is 5.32 Å². The highest BCUT2D eigenvalue weighted by Gasteiger charge is 2.12. The first-order valence-corrected chi connectivity index (χ1v) is 7.62. The van der Waals surface area contributed by atoms with Crippen molar-refractivity contribution in [1.82, 2.24) is 5.32 Å². The summed E-state index contributed by atoms with van der Waals surface area (Å²) in [5, 5.41) is 18.9. The molecule has 0 aliphatic heterocycles. The van der Waals surface area contributed by atoms with Crippen LogP contribution in [0.3, 0.4) is 0 Å². The lowest BCUT2D eigenvalue weighted by molar-refractivity contribution is -0.139. The van der Waals surface area contributed by atoms with Crippen molar-refractivity contribution in [3.05, 3.63) is 65.2 Å². The summed E-state index contributed by atoms with van der Waals surface area (Å²) in [4.78, 5) is 22.7. The summed E-state index contributed by atoms with van der Waals surface area (Å²) in [7, 11) is 0. The van der Waals surface area contributed by atoms with E-state index < -0.39 is 5.97 Å². The molecular weight excluding hydrogens is 322 g/mol. The number of amides is 1. The number of benzene rings is 2. The third kappa shape index (κ3) is 5.35. The number of ether oxygens (including phenoxy) is 1. The van der Waals surface area contributed by atoms with Crippen LogP contribution in [-0.2, 0) is 11.2 Å². The minimum atomic E-state index is -1.03. The molecule has 0 unspecified atom stereocenters. The van der Waals surface area contributed by atoms with Gasteiger partial charge in [-0.2, -0.15) is 0 Å². The molecule has 0 radical (unpaired) electrons. The van der Waals surface area contributed by atoms with Crippen molar-refractivity contribution in [3.8, 4) is 5.75 Å². The Bertz CT molecular complexity index is 772. The molecule has 0 aliphatic rings. The number of amidine groups is 1. The molecular formula is C18H19N3O4. The van der Waals surface area contributed by atoms with E-state index in [1.54, 1.807) is 36.4 Å². The van der Waals surface area contributed by atoms with Crippen LogP contribution in [0.5, 0.6) is 5.75 Å². The van der Waals surface area contributed by atoms with Crippen LogP contribution >= 0.6 is 0 Å². The first-order chi connectivity index (χ1) is 12.0. The molecule has 0 saturated heterocycles. The molecule has 2 aromatic rings. The molecule has 7 nitrogen and oxygen atoms in total. The highest BCUT2D eigenvalue weighted by atomic mass is 16.5. The summed E-state index contributed by atoms with van der Waals surface area (Å²) in [6.45, 7) is 0.0331. The second-order valence-corrected chi connectivity index (χ2v) is 5.29. The molecule has 0 heterocycles. The van der Waals surface area contributed by atoms with Crippen LogP contribution < -0.4 is 15.8 Å². The van der Waals surface area contributed by atoms with Crippen LogP contribution in [0.4, 0.5) is 0 Å². The van der Waals surface area contributed by atoms with Crippen LogP contribution in [0, 0.1) is 5.41 Å². The highest BCUT2D eigenvalue weighted by Crippen LogP contribution is 2.12. The van der Waals surface area contributed by atoms with E-state index in [1.165, 1.54) is 0 Å². The first-order valence-electron chi connectivity index (χ1n) is 7.62. The number of carboxylic acids is 1. The summed E-state index contributed by atoms with van der Waals surface area (Å²) in [5.74, 6) is -0.988. The van der Waals surface area contributed by atoms with E-state index in [0.717, 1.165) is 5.56 Å². The molecule has 0 spiro atoms. The average molecular weight is 341 g/mol. The van der Waals surface area contributed by atoms with E-state index in [4.69, 9.17) is 21.0 Å². The zero-order valence-electron chi connectivity index (χ0n) is 13.5. The van der Waals surface area contributed by atoms with Crippen molar-refractivity contribution in [2.45, 2.75) is 6.42 Å². The van der Waals surface area contributed by atoms with Gasteiger partial charge in [0.1, 0.15) is 11.6 Å². The molecule has 1 amide bonds. The van der Waals surface area contributed by atoms with Gasteiger partial charge in [0.05, 0.1) is 5.56 Å². The Balaban J connectivity index is 1.87. The largest absolute Gasteiger partial charge is 0.482 e. The maximum Gasteiger partial charge on any atom is 0.341 e. The number of nitrogen functional groups attached to an aromatic ring is 1. The van der Waals surface area contributed by atoms with Crippen LogP contribution in [0.1, 0.15) is 21.5 Å². The fourth-order valence-electron chi connectivity index (χ4n) is 2.23. The van der Waals surface area contributed by atoms with Gasteiger partial charge in [0, 0.05) is 12.1 Å². The Kier molecular flexibility index (Phi) is 6.11. The normalized spacial score (nSPS) is 10.1.